The van der Waals surface area contributed by atoms with Crippen molar-refractivity contribution in [2.75, 3.05) is 25.6 Å². The van der Waals surface area contributed by atoms with E-state index in [1.807, 2.05) is 13.8 Å². The van der Waals surface area contributed by atoms with Crippen molar-refractivity contribution in [3.05, 3.63) is 30.1 Å². The van der Waals surface area contributed by atoms with Crippen molar-refractivity contribution >= 4 is 23.4 Å². The number of methoxy groups -OCH3 is 1. The Bertz CT molecular complexity index is 1030. The van der Waals surface area contributed by atoms with E-state index in [1.165, 1.54) is 36.3 Å². The summed E-state index contributed by atoms with van der Waals surface area (Å²) in [6.45, 7) is 4.00. The Kier molecular flexibility index (Phi) is 7.90. The lowest BCUT2D eigenvalue weighted by Gasteiger charge is -2.41. The molecule has 1 unspecified atom stereocenters. The number of rotatable bonds is 13. The van der Waals surface area contributed by atoms with Crippen LogP contribution in [0.5, 0.6) is 0 Å². The van der Waals surface area contributed by atoms with E-state index in [2.05, 4.69) is 21.5 Å². The molecule has 0 aromatic heterocycles. The van der Waals surface area contributed by atoms with Crippen LogP contribution in [0.2, 0.25) is 0 Å². The van der Waals surface area contributed by atoms with Crippen molar-refractivity contribution < 1.29 is 23.5 Å². The van der Waals surface area contributed by atoms with Crippen molar-refractivity contribution in [1.82, 2.24) is 4.90 Å². The maximum absolute atomic E-state index is 13.6. The fraction of sp³-hybridized carbons (Fsp3) is 0.560. The third-order valence-corrected chi connectivity index (χ3v) is 6.49. The van der Waals surface area contributed by atoms with E-state index in [9.17, 15) is 18.8 Å². The average molecular weight is 486 g/mol. The predicted octanol–water partition coefficient (Wildman–Crippen LogP) is 2.72. The normalized spacial score (nSPS) is 20.4. The summed E-state index contributed by atoms with van der Waals surface area (Å²) in [7, 11) is 1.52. The summed E-state index contributed by atoms with van der Waals surface area (Å²) >= 11 is 0. The zero-order valence-electron chi connectivity index (χ0n) is 20.3. The zero-order valence-corrected chi connectivity index (χ0v) is 20.3. The van der Waals surface area contributed by atoms with E-state index in [-0.39, 0.29) is 19.1 Å². The van der Waals surface area contributed by atoms with Crippen LogP contribution in [0.3, 0.4) is 0 Å². The Morgan fingerprint density at radius 2 is 1.94 bits per heavy atom. The fourth-order valence-corrected chi connectivity index (χ4v) is 4.44. The first-order chi connectivity index (χ1) is 16.5. The highest BCUT2D eigenvalue weighted by Crippen LogP contribution is 2.43. The highest BCUT2D eigenvalue weighted by molar-refractivity contribution is 5.99. The summed E-state index contributed by atoms with van der Waals surface area (Å²) in [4.78, 5) is 40.4. The minimum atomic E-state index is -0.961. The van der Waals surface area contributed by atoms with Crippen LogP contribution in [0, 0.1) is 35.4 Å². The molecule has 1 aliphatic heterocycles. The van der Waals surface area contributed by atoms with E-state index in [0.29, 0.717) is 31.4 Å². The topological polar surface area (TPSA) is 126 Å². The number of carbonyl (C=O) groups excluding carboxylic acids is 3. The second kappa shape index (κ2) is 10.5. The Morgan fingerprint density at radius 3 is 2.46 bits per heavy atom. The number of hydrogen-bond donors (Lipinski definition) is 2. The number of benzene rings is 1. The number of primary amides is 1. The van der Waals surface area contributed by atoms with Gasteiger partial charge in [0.15, 0.2) is 5.66 Å². The molecule has 9 nitrogen and oxygen atoms in total. The highest BCUT2D eigenvalue weighted by atomic mass is 19.1. The molecule has 3 amide bonds. The van der Waals surface area contributed by atoms with Gasteiger partial charge in [-0.2, -0.15) is 10.2 Å². The molecule has 1 aliphatic carbocycles. The standard InChI is InChI=1S/C25H32FN5O4/c1-5-6-11-25(29-30-25)12-13-31(23(34)19-14-18(19)21(27)32)20(24(2,3)15-35-4)22(33)28-17-9-7-16(26)8-10-17/h1,7-10,18-20H,6,11-15H2,2-4H3,(H2,27,32)(H,28,33)/t18-,19+,20?/m0/s1. The summed E-state index contributed by atoms with van der Waals surface area (Å²) in [5, 5.41) is 11.1. The van der Waals surface area contributed by atoms with Crippen LogP contribution < -0.4 is 11.1 Å². The maximum Gasteiger partial charge on any atom is 0.247 e. The lowest BCUT2D eigenvalue weighted by molar-refractivity contribution is -0.146. The van der Waals surface area contributed by atoms with Gasteiger partial charge in [-0.15, -0.1) is 12.3 Å². The summed E-state index contributed by atoms with van der Waals surface area (Å²) in [5.74, 6) is -0.314. The van der Waals surface area contributed by atoms with E-state index in [0.717, 1.165) is 0 Å². The van der Waals surface area contributed by atoms with Crippen LogP contribution in [0.4, 0.5) is 10.1 Å². The van der Waals surface area contributed by atoms with E-state index < -0.39 is 46.6 Å². The monoisotopic (exact) mass is 485 g/mol. The van der Waals surface area contributed by atoms with Crippen molar-refractivity contribution in [2.45, 2.75) is 51.2 Å². The molecule has 0 bridgehead atoms. The minimum Gasteiger partial charge on any atom is -0.384 e. The van der Waals surface area contributed by atoms with Gasteiger partial charge in [0, 0.05) is 44.0 Å². The molecule has 3 rings (SSSR count). The Labute approximate surface area is 204 Å². The van der Waals surface area contributed by atoms with Crippen LogP contribution in [0.25, 0.3) is 0 Å². The maximum atomic E-state index is 13.6. The molecule has 1 aromatic carbocycles. The van der Waals surface area contributed by atoms with Gasteiger partial charge < -0.3 is 20.7 Å². The van der Waals surface area contributed by atoms with Crippen molar-refractivity contribution in [3.8, 4) is 12.3 Å². The molecule has 10 heteroatoms. The number of carbonyl (C=O) groups is 3. The Hall–Kier alpha value is -3.32. The van der Waals surface area contributed by atoms with E-state index >= 15 is 0 Å². The van der Waals surface area contributed by atoms with Gasteiger partial charge in [0.1, 0.15) is 11.9 Å². The summed E-state index contributed by atoms with van der Waals surface area (Å²) < 4.78 is 18.7. The van der Waals surface area contributed by atoms with Gasteiger partial charge in [0.05, 0.1) is 18.4 Å². The molecule has 0 saturated heterocycles. The van der Waals surface area contributed by atoms with Crippen LogP contribution in [-0.4, -0.2) is 54.6 Å². The number of nitrogens with one attached hydrogen (secondary N) is 1. The van der Waals surface area contributed by atoms with Gasteiger partial charge in [-0.1, -0.05) is 13.8 Å². The number of ether oxygens (including phenoxy) is 1. The van der Waals surface area contributed by atoms with Gasteiger partial charge in [-0.05, 0) is 30.7 Å². The first-order valence-electron chi connectivity index (χ1n) is 11.6. The van der Waals surface area contributed by atoms with Gasteiger partial charge >= 0.3 is 0 Å². The number of hydrogen-bond acceptors (Lipinski definition) is 6. The molecule has 0 radical (unpaired) electrons. The van der Waals surface area contributed by atoms with Gasteiger partial charge in [-0.3, -0.25) is 14.4 Å². The van der Waals surface area contributed by atoms with Crippen molar-refractivity contribution in [3.63, 3.8) is 0 Å². The number of amides is 3. The van der Waals surface area contributed by atoms with Crippen LogP contribution in [-0.2, 0) is 19.1 Å². The quantitative estimate of drug-likeness (QED) is 0.417. The molecule has 1 fully saturated rings. The second-order valence-electron chi connectivity index (χ2n) is 9.84. The molecular formula is C25H32FN5O4. The molecule has 3 N–H and O–H groups in total. The van der Waals surface area contributed by atoms with Crippen LogP contribution in [0.15, 0.2) is 34.5 Å². The van der Waals surface area contributed by atoms with Crippen molar-refractivity contribution in [2.24, 2.45) is 33.2 Å². The zero-order chi connectivity index (χ0) is 25.8. The molecule has 1 heterocycles. The number of terminal acetylenes is 1. The SMILES string of the molecule is C#CCCC1(CCN(C(=O)[C@@H]2C[C@@H]2C(N)=O)C(C(=O)Nc2ccc(F)cc2)C(C)(C)COC)N=N1. The van der Waals surface area contributed by atoms with E-state index in [1.54, 1.807) is 0 Å². The smallest absolute Gasteiger partial charge is 0.247 e. The molecule has 0 spiro atoms. The Balaban J connectivity index is 1.90. The number of halogens is 1. The third-order valence-electron chi connectivity index (χ3n) is 6.49. The molecule has 1 aromatic rings. The number of nitrogens with two attached hydrogens (primary N) is 1. The molecule has 2 aliphatic rings. The van der Waals surface area contributed by atoms with Crippen molar-refractivity contribution in [1.29, 1.82) is 0 Å². The average Bonchev–Trinajstić information content (AvgIpc) is 3.71. The fourth-order valence-electron chi connectivity index (χ4n) is 4.44. The Morgan fingerprint density at radius 1 is 1.29 bits per heavy atom. The van der Waals surface area contributed by atoms with Crippen LogP contribution >= 0.6 is 0 Å². The number of anilines is 1. The lowest BCUT2D eigenvalue weighted by Crippen LogP contribution is -2.57. The predicted molar refractivity (Wildman–Crippen MR) is 127 cm³/mol. The van der Waals surface area contributed by atoms with Gasteiger partial charge in [0.25, 0.3) is 0 Å². The first-order valence-corrected chi connectivity index (χ1v) is 11.6. The van der Waals surface area contributed by atoms with E-state index in [4.69, 9.17) is 16.9 Å². The summed E-state index contributed by atoms with van der Waals surface area (Å²) in [6, 6.07) is 4.40. The van der Waals surface area contributed by atoms with Gasteiger partial charge in [0.2, 0.25) is 17.7 Å². The molecule has 35 heavy (non-hydrogen) atoms. The lowest BCUT2D eigenvalue weighted by atomic mass is 9.82. The first kappa shape index (κ1) is 26.3. The summed E-state index contributed by atoms with van der Waals surface area (Å²) in [6.07, 6.45) is 7.15. The number of nitrogens with zero attached hydrogens (tertiary/aromatic N) is 3. The highest BCUT2D eigenvalue weighted by Gasteiger charge is 2.53. The molecular weight excluding hydrogens is 453 g/mol. The largest absolute Gasteiger partial charge is 0.384 e. The van der Waals surface area contributed by atoms with Gasteiger partial charge in [-0.25, -0.2) is 4.39 Å². The third kappa shape index (κ3) is 6.42. The van der Waals surface area contributed by atoms with Crippen LogP contribution in [0.1, 0.15) is 39.5 Å². The molecule has 1 saturated carbocycles. The second-order valence-corrected chi connectivity index (χ2v) is 9.84. The minimum absolute atomic E-state index is 0.174. The molecule has 3 atom stereocenters. The molecule has 188 valence electrons. The summed E-state index contributed by atoms with van der Waals surface area (Å²) in [5.41, 5.74) is 4.34.